The van der Waals surface area contributed by atoms with E-state index in [4.69, 9.17) is 4.74 Å². The summed E-state index contributed by atoms with van der Waals surface area (Å²) in [6, 6.07) is 4.99. The Bertz CT molecular complexity index is 812. The van der Waals surface area contributed by atoms with Crippen LogP contribution in [0.4, 0.5) is 5.69 Å². The molecule has 0 bridgehead atoms. The molecule has 1 aliphatic heterocycles. The Kier molecular flexibility index (Phi) is 6.95. The quantitative estimate of drug-likeness (QED) is 0.744. The SMILES string of the molecule is C[C@H]1CN([C@@H](C)CO)C(=O)c2cccc(N(C)C)c2O[C@H]1CN(C)S(C)(=O)=O. The number of fused-ring (bicyclic) bond motifs is 1. The molecule has 0 spiro atoms. The van der Waals surface area contributed by atoms with Crippen molar-refractivity contribution < 1.29 is 23.1 Å². The fourth-order valence-corrected chi connectivity index (χ4v) is 3.60. The number of aliphatic hydroxyl groups excluding tert-OH is 1. The van der Waals surface area contributed by atoms with Crippen molar-refractivity contribution in [3.8, 4) is 5.75 Å². The van der Waals surface area contributed by atoms with Crippen LogP contribution < -0.4 is 9.64 Å². The second-order valence-electron chi connectivity index (χ2n) is 7.71. The minimum Gasteiger partial charge on any atom is -0.486 e. The predicted molar refractivity (Wildman–Crippen MR) is 109 cm³/mol. The number of rotatable bonds is 6. The van der Waals surface area contributed by atoms with Gasteiger partial charge in [0.05, 0.1) is 36.7 Å². The minimum atomic E-state index is -3.37. The van der Waals surface area contributed by atoms with Crippen LogP contribution >= 0.6 is 0 Å². The van der Waals surface area contributed by atoms with Crippen molar-refractivity contribution in [2.24, 2.45) is 5.92 Å². The maximum absolute atomic E-state index is 13.2. The first-order chi connectivity index (χ1) is 13.0. The van der Waals surface area contributed by atoms with Crippen LogP contribution in [0.2, 0.25) is 0 Å². The van der Waals surface area contributed by atoms with Gasteiger partial charge in [-0.1, -0.05) is 13.0 Å². The number of benzene rings is 1. The number of anilines is 1. The van der Waals surface area contributed by atoms with Gasteiger partial charge in [0, 0.05) is 33.6 Å². The molecule has 0 saturated carbocycles. The minimum absolute atomic E-state index is 0.148. The van der Waals surface area contributed by atoms with Crippen LogP contribution in [-0.4, -0.2) is 87.9 Å². The van der Waals surface area contributed by atoms with E-state index in [0.717, 1.165) is 11.9 Å². The summed E-state index contributed by atoms with van der Waals surface area (Å²) in [6.07, 6.45) is 0.699. The Morgan fingerprint density at radius 2 is 1.96 bits per heavy atom. The van der Waals surface area contributed by atoms with E-state index < -0.39 is 16.1 Å². The van der Waals surface area contributed by atoms with Gasteiger partial charge in [0.15, 0.2) is 5.75 Å². The summed E-state index contributed by atoms with van der Waals surface area (Å²) in [5.74, 6) is 0.0821. The zero-order chi connectivity index (χ0) is 21.2. The van der Waals surface area contributed by atoms with Crippen LogP contribution in [0.15, 0.2) is 18.2 Å². The number of nitrogens with zero attached hydrogens (tertiary/aromatic N) is 3. The maximum atomic E-state index is 13.2. The van der Waals surface area contributed by atoms with E-state index in [0.29, 0.717) is 17.9 Å². The van der Waals surface area contributed by atoms with E-state index in [-0.39, 0.29) is 31.0 Å². The second kappa shape index (κ2) is 8.67. The molecular formula is C19H31N3O5S. The average molecular weight is 414 g/mol. The van der Waals surface area contributed by atoms with Crippen molar-refractivity contribution in [1.29, 1.82) is 0 Å². The highest BCUT2D eigenvalue weighted by atomic mass is 32.2. The summed E-state index contributed by atoms with van der Waals surface area (Å²) in [5.41, 5.74) is 1.15. The summed E-state index contributed by atoms with van der Waals surface area (Å²) < 4.78 is 31.4. The fraction of sp³-hybridized carbons (Fsp3) is 0.632. The molecule has 1 amide bonds. The van der Waals surface area contributed by atoms with E-state index in [1.165, 1.54) is 11.4 Å². The van der Waals surface area contributed by atoms with Gasteiger partial charge < -0.3 is 19.6 Å². The lowest BCUT2D eigenvalue weighted by atomic mass is 9.99. The molecule has 1 N–H and O–H groups in total. The van der Waals surface area contributed by atoms with E-state index >= 15 is 0 Å². The number of likely N-dealkylation sites (N-methyl/N-ethyl adjacent to an activating group) is 1. The Balaban J connectivity index is 2.56. The van der Waals surface area contributed by atoms with Crippen molar-refractivity contribution in [2.75, 3.05) is 52.0 Å². The first-order valence-electron chi connectivity index (χ1n) is 9.27. The lowest BCUT2D eigenvalue weighted by Gasteiger charge is -2.38. The van der Waals surface area contributed by atoms with Gasteiger partial charge in [-0.2, -0.15) is 0 Å². The maximum Gasteiger partial charge on any atom is 0.258 e. The van der Waals surface area contributed by atoms with Crippen LogP contribution in [0.3, 0.4) is 0 Å². The Morgan fingerprint density at radius 3 is 2.50 bits per heavy atom. The number of carbonyl (C=O) groups excluding carboxylic acids is 1. The largest absolute Gasteiger partial charge is 0.486 e. The van der Waals surface area contributed by atoms with Crippen molar-refractivity contribution in [3.63, 3.8) is 0 Å². The predicted octanol–water partition coefficient (Wildman–Crippen LogP) is 0.864. The van der Waals surface area contributed by atoms with Crippen molar-refractivity contribution in [3.05, 3.63) is 23.8 Å². The van der Waals surface area contributed by atoms with Crippen molar-refractivity contribution in [2.45, 2.75) is 26.0 Å². The number of hydrogen-bond acceptors (Lipinski definition) is 6. The number of para-hydroxylation sites is 1. The van der Waals surface area contributed by atoms with E-state index in [1.807, 2.05) is 32.0 Å². The van der Waals surface area contributed by atoms with Crippen molar-refractivity contribution >= 4 is 21.6 Å². The molecule has 1 aromatic rings. The molecule has 1 aliphatic rings. The third-order valence-corrected chi connectivity index (χ3v) is 6.44. The molecule has 28 heavy (non-hydrogen) atoms. The Labute approximate surface area is 167 Å². The third-order valence-electron chi connectivity index (χ3n) is 5.16. The Morgan fingerprint density at radius 1 is 1.32 bits per heavy atom. The summed E-state index contributed by atoms with van der Waals surface area (Å²) in [4.78, 5) is 16.7. The molecule has 0 fully saturated rings. The summed E-state index contributed by atoms with van der Waals surface area (Å²) in [5, 5.41) is 9.64. The third kappa shape index (κ3) is 4.76. The van der Waals surface area contributed by atoms with E-state index in [9.17, 15) is 18.3 Å². The van der Waals surface area contributed by atoms with Gasteiger partial charge in [0.2, 0.25) is 10.0 Å². The lowest BCUT2D eigenvalue weighted by molar-refractivity contribution is 0.0388. The van der Waals surface area contributed by atoms with Gasteiger partial charge >= 0.3 is 0 Å². The van der Waals surface area contributed by atoms with E-state index in [1.54, 1.807) is 24.0 Å². The number of carbonyl (C=O) groups is 1. The van der Waals surface area contributed by atoms with Crippen LogP contribution in [0, 0.1) is 5.92 Å². The highest BCUT2D eigenvalue weighted by molar-refractivity contribution is 7.88. The molecule has 0 aliphatic carbocycles. The van der Waals surface area contributed by atoms with Gasteiger partial charge in [0.25, 0.3) is 5.91 Å². The molecule has 158 valence electrons. The molecule has 2 rings (SSSR count). The first kappa shape index (κ1) is 22.4. The van der Waals surface area contributed by atoms with Gasteiger partial charge in [-0.25, -0.2) is 12.7 Å². The second-order valence-corrected chi connectivity index (χ2v) is 9.80. The topological polar surface area (TPSA) is 90.4 Å². The van der Waals surface area contributed by atoms with Gasteiger partial charge in [-0.15, -0.1) is 0 Å². The summed E-state index contributed by atoms with van der Waals surface area (Å²) in [7, 11) is 1.86. The molecule has 0 aromatic heterocycles. The highest BCUT2D eigenvalue weighted by Crippen LogP contribution is 2.36. The van der Waals surface area contributed by atoms with E-state index in [2.05, 4.69) is 0 Å². The molecule has 1 aromatic carbocycles. The molecule has 1 heterocycles. The fourth-order valence-electron chi connectivity index (χ4n) is 3.19. The van der Waals surface area contributed by atoms with Crippen LogP contribution in [0.1, 0.15) is 24.2 Å². The van der Waals surface area contributed by atoms with Crippen molar-refractivity contribution in [1.82, 2.24) is 9.21 Å². The zero-order valence-electron chi connectivity index (χ0n) is 17.4. The number of amides is 1. The summed E-state index contributed by atoms with van der Waals surface area (Å²) in [6.45, 7) is 4.08. The zero-order valence-corrected chi connectivity index (χ0v) is 18.2. The lowest BCUT2D eigenvalue weighted by Crippen LogP contribution is -2.50. The average Bonchev–Trinajstić information content (AvgIpc) is 2.62. The monoisotopic (exact) mass is 413 g/mol. The molecule has 9 heteroatoms. The molecule has 3 atom stereocenters. The molecule has 8 nitrogen and oxygen atoms in total. The van der Waals surface area contributed by atoms with Crippen LogP contribution in [0.25, 0.3) is 0 Å². The number of aliphatic hydroxyl groups is 1. The highest BCUT2D eigenvalue weighted by Gasteiger charge is 2.35. The molecule has 0 radical (unpaired) electrons. The molecular weight excluding hydrogens is 382 g/mol. The number of sulfonamides is 1. The standard InChI is InChI=1S/C19H31N3O5S/c1-13-10-22(14(2)12-23)19(24)15-8-7-9-16(20(3)4)18(15)27-17(13)11-21(5)28(6,25)26/h7-9,13-14,17,23H,10-12H2,1-6H3/t13-,14-,17-/m0/s1. The summed E-state index contributed by atoms with van der Waals surface area (Å²) >= 11 is 0. The van der Waals surface area contributed by atoms with Gasteiger partial charge in [-0.3, -0.25) is 4.79 Å². The molecule has 0 unspecified atom stereocenters. The number of ether oxygens (including phenoxy) is 1. The Hall–Kier alpha value is -1.84. The number of hydrogen-bond donors (Lipinski definition) is 1. The molecule has 0 saturated heterocycles. The smallest absolute Gasteiger partial charge is 0.258 e. The van der Waals surface area contributed by atoms with Crippen LogP contribution in [-0.2, 0) is 10.0 Å². The van der Waals surface area contributed by atoms with Gasteiger partial charge in [0.1, 0.15) is 6.10 Å². The normalized spacial score (nSPS) is 21.6. The van der Waals surface area contributed by atoms with Crippen LogP contribution in [0.5, 0.6) is 5.75 Å². The van der Waals surface area contributed by atoms with Gasteiger partial charge in [-0.05, 0) is 19.1 Å². The first-order valence-corrected chi connectivity index (χ1v) is 11.1.